The molecule has 3 atom stereocenters. The molecule has 1 unspecified atom stereocenters. The summed E-state index contributed by atoms with van der Waals surface area (Å²) in [5.74, 6) is -0.680. The van der Waals surface area contributed by atoms with Gasteiger partial charge in [0.05, 0.1) is 5.92 Å². The van der Waals surface area contributed by atoms with Gasteiger partial charge < -0.3 is 10.5 Å². The summed E-state index contributed by atoms with van der Waals surface area (Å²) >= 11 is 0. The molecule has 0 aliphatic carbocycles. The number of amides is 1. The lowest BCUT2D eigenvalue weighted by Gasteiger charge is -2.09. The highest BCUT2D eigenvalue weighted by Crippen LogP contribution is 2.29. The summed E-state index contributed by atoms with van der Waals surface area (Å²) in [6.45, 7) is 1.80. The molecule has 0 spiro atoms. The number of cyclic esters (lactones) is 1. The fourth-order valence-electron chi connectivity index (χ4n) is 2.70. The van der Waals surface area contributed by atoms with E-state index >= 15 is 0 Å². The number of hydrogen-bond donors (Lipinski definition) is 1. The first kappa shape index (κ1) is 15.5. The van der Waals surface area contributed by atoms with Crippen LogP contribution in [0.5, 0.6) is 0 Å². The standard InChI is InChI=1S/C17H23NO3/c1-12(16(18)19)7-9-14-11-15(21-17(14)20)10-8-13-5-3-2-4-6-13/h2-6,12,14-15H,7-11H2,1H3,(H2,18,19)/t12?,14-,15+/m1/s1. The Morgan fingerprint density at radius 2 is 2.05 bits per heavy atom. The van der Waals surface area contributed by atoms with Gasteiger partial charge in [0.25, 0.3) is 0 Å². The summed E-state index contributed by atoms with van der Waals surface area (Å²) in [6.07, 6.45) is 3.88. The van der Waals surface area contributed by atoms with Crippen LogP contribution in [-0.2, 0) is 20.7 Å². The van der Waals surface area contributed by atoms with Crippen LogP contribution in [0.25, 0.3) is 0 Å². The van der Waals surface area contributed by atoms with Gasteiger partial charge in [-0.15, -0.1) is 0 Å². The molecule has 2 rings (SSSR count). The zero-order chi connectivity index (χ0) is 15.2. The molecule has 1 fully saturated rings. The highest BCUT2D eigenvalue weighted by molar-refractivity contribution is 5.77. The molecule has 114 valence electrons. The highest BCUT2D eigenvalue weighted by Gasteiger charge is 2.34. The minimum atomic E-state index is -0.304. The fourth-order valence-corrected chi connectivity index (χ4v) is 2.70. The third-order valence-corrected chi connectivity index (χ3v) is 4.20. The van der Waals surface area contributed by atoms with Crippen LogP contribution in [-0.4, -0.2) is 18.0 Å². The number of rotatable bonds is 7. The first-order valence-electron chi connectivity index (χ1n) is 7.60. The van der Waals surface area contributed by atoms with E-state index in [1.54, 1.807) is 6.92 Å². The Hall–Kier alpha value is -1.84. The monoisotopic (exact) mass is 289 g/mol. The van der Waals surface area contributed by atoms with Gasteiger partial charge in [-0.3, -0.25) is 9.59 Å². The third kappa shape index (κ3) is 4.59. The van der Waals surface area contributed by atoms with Crippen molar-refractivity contribution in [1.82, 2.24) is 0 Å². The molecule has 1 saturated heterocycles. The second-order valence-corrected chi connectivity index (χ2v) is 5.90. The van der Waals surface area contributed by atoms with Crippen molar-refractivity contribution in [2.75, 3.05) is 0 Å². The van der Waals surface area contributed by atoms with Crippen LogP contribution < -0.4 is 5.73 Å². The lowest BCUT2D eigenvalue weighted by Crippen LogP contribution is -2.21. The minimum absolute atomic E-state index is 0.00610. The van der Waals surface area contributed by atoms with Crippen molar-refractivity contribution < 1.29 is 14.3 Å². The van der Waals surface area contributed by atoms with Gasteiger partial charge in [-0.2, -0.15) is 0 Å². The van der Waals surface area contributed by atoms with Crippen LogP contribution in [0.2, 0.25) is 0 Å². The van der Waals surface area contributed by atoms with Gasteiger partial charge in [0.1, 0.15) is 6.10 Å². The van der Waals surface area contributed by atoms with E-state index in [1.165, 1.54) is 5.56 Å². The number of carbonyl (C=O) groups is 2. The number of ether oxygens (including phenoxy) is 1. The van der Waals surface area contributed by atoms with Crippen molar-refractivity contribution in [3.8, 4) is 0 Å². The van der Waals surface area contributed by atoms with Crippen LogP contribution in [0.4, 0.5) is 0 Å². The number of primary amides is 1. The van der Waals surface area contributed by atoms with Gasteiger partial charge in [0, 0.05) is 5.92 Å². The zero-order valence-corrected chi connectivity index (χ0v) is 12.5. The van der Waals surface area contributed by atoms with Crippen LogP contribution in [0.15, 0.2) is 30.3 Å². The molecule has 21 heavy (non-hydrogen) atoms. The van der Waals surface area contributed by atoms with Crippen molar-refractivity contribution in [2.24, 2.45) is 17.6 Å². The summed E-state index contributed by atoms with van der Waals surface area (Å²) in [5, 5.41) is 0. The Morgan fingerprint density at radius 3 is 2.71 bits per heavy atom. The maximum Gasteiger partial charge on any atom is 0.309 e. The van der Waals surface area contributed by atoms with E-state index in [2.05, 4.69) is 12.1 Å². The predicted octanol–water partition coefficient (Wildman–Crippen LogP) is 2.45. The van der Waals surface area contributed by atoms with Gasteiger partial charge in [0.2, 0.25) is 5.91 Å². The molecule has 1 aromatic carbocycles. The minimum Gasteiger partial charge on any atom is -0.462 e. The number of hydrogen-bond acceptors (Lipinski definition) is 3. The van der Waals surface area contributed by atoms with E-state index in [-0.39, 0.29) is 29.8 Å². The topological polar surface area (TPSA) is 69.4 Å². The number of nitrogens with two attached hydrogens (primary N) is 1. The van der Waals surface area contributed by atoms with E-state index in [4.69, 9.17) is 10.5 Å². The zero-order valence-electron chi connectivity index (χ0n) is 12.5. The summed E-state index contributed by atoms with van der Waals surface area (Å²) in [6, 6.07) is 10.2. The number of aryl methyl sites for hydroxylation is 1. The second kappa shape index (κ2) is 7.25. The average Bonchev–Trinajstić information content (AvgIpc) is 2.84. The van der Waals surface area contributed by atoms with Crippen LogP contribution in [0.3, 0.4) is 0 Å². The SMILES string of the molecule is CC(CC[C@@H]1C[C@H](CCc2ccccc2)OC1=O)C(N)=O. The largest absolute Gasteiger partial charge is 0.462 e. The lowest BCUT2D eigenvalue weighted by molar-refractivity contribution is -0.144. The molecule has 0 radical (unpaired) electrons. The van der Waals surface area contributed by atoms with E-state index in [9.17, 15) is 9.59 Å². The first-order chi connectivity index (χ1) is 10.1. The van der Waals surface area contributed by atoms with E-state index < -0.39 is 0 Å². The molecule has 0 bridgehead atoms. The third-order valence-electron chi connectivity index (χ3n) is 4.20. The molecule has 4 nitrogen and oxygen atoms in total. The average molecular weight is 289 g/mol. The van der Waals surface area contributed by atoms with E-state index in [0.29, 0.717) is 12.8 Å². The van der Waals surface area contributed by atoms with Gasteiger partial charge in [-0.05, 0) is 37.7 Å². The molecule has 2 N–H and O–H groups in total. The quantitative estimate of drug-likeness (QED) is 0.784. The van der Waals surface area contributed by atoms with E-state index in [1.807, 2.05) is 18.2 Å². The first-order valence-corrected chi connectivity index (χ1v) is 7.60. The maximum absolute atomic E-state index is 11.8. The predicted molar refractivity (Wildman–Crippen MR) is 80.3 cm³/mol. The Bertz CT molecular complexity index is 486. The molecule has 0 aromatic heterocycles. The Labute approximate surface area is 125 Å². The van der Waals surface area contributed by atoms with E-state index in [0.717, 1.165) is 19.3 Å². The molecule has 1 heterocycles. The molecular weight excluding hydrogens is 266 g/mol. The van der Waals surface area contributed by atoms with Crippen LogP contribution >= 0.6 is 0 Å². The number of carbonyl (C=O) groups excluding carboxylic acids is 2. The fraction of sp³-hybridized carbons (Fsp3) is 0.529. The van der Waals surface area contributed by atoms with Gasteiger partial charge in [-0.1, -0.05) is 37.3 Å². The van der Waals surface area contributed by atoms with Crippen LogP contribution in [0.1, 0.15) is 38.2 Å². The van der Waals surface area contributed by atoms with Gasteiger partial charge in [-0.25, -0.2) is 0 Å². The van der Waals surface area contributed by atoms with Crippen molar-refractivity contribution in [3.63, 3.8) is 0 Å². The molecule has 1 aromatic rings. The number of benzene rings is 1. The normalized spacial score (nSPS) is 22.8. The second-order valence-electron chi connectivity index (χ2n) is 5.90. The summed E-state index contributed by atoms with van der Waals surface area (Å²) < 4.78 is 5.43. The smallest absolute Gasteiger partial charge is 0.309 e. The van der Waals surface area contributed by atoms with Gasteiger partial charge >= 0.3 is 5.97 Å². The van der Waals surface area contributed by atoms with Crippen molar-refractivity contribution >= 4 is 11.9 Å². The molecule has 1 aliphatic rings. The highest BCUT2D eigenvalue weighted by atomic mass is 16.5. The van der Waals surface area contributed by atoms with Gasteiger partial charge in [0.15, 0.2) is 0 Å². The molecular formula is C17H23NO3. The molecule has 1 amide bonds. The Morgan fingerprint density at radius 1 is 1.33 bits per heavy atom. The Kier molecular flexibility index (Phi) is 5.37. The van der Waals surface area contributed by atoms with Crippen molar-refractivity contribution in [2.45, 2.75) is 45.1 Å². The summed E-state index contributed by atoms with van der Waals surface area (Å²) in [4.78, 5) is 22.9. The Balaban J connectivity index is 1.76. The summed E-state index contributed by atoms with van der Waals surface area (Å²) in [7, 11) is 0. The maximum atomic E-state index is 11.8. The molecule has 0 saturated carbocycles. The number of esters is 1. The molecule has 4 heteroatoms. The molecule has 1 aliphatic heterocycles. The van der Waals surface area contributed by atoms with Crippen molar-refractivity contribution in [3.05, 3.63) is 35.9 Å². The summed E-state index contributed by atoms with van der Waals surface area (Å²) in [5.41, 5.74) is 6.50. The van der Waals surface area contributed by atoms with Crippen LogP contribution in [0, 0.1) is 11.8 Å². The van der Waals surface area contributed by atoms with Crippen molar-refractivity contribution in [1.29, 1.82) is 0 Å². The lowest BCUT2D eigenvalue weighted by atomic mass is 9.93.